The lowest BCUT2D eigenvalue weighted by Gasteiger charge is -2.15. The maximum absolute atomic E-state index is 13.1. The van der Waals surface area contributed by atoms with E-state index in [0.717, 1.165) is 5.56 Å². The number of hydrogen-bond donors (Lipinski definition) is 1. The van der Waals surface area contributed by atoms with E-state index in [1.165, 1.54) is 4.68 Å². The number of aryl methyl sites for hydroxylation is 1. The van der Waals surface area contributed by atoms with E-state index in [-0.39, 0.29) is 31.2 Å². The van der Waals surface area contributed by atoms with Crippen LogP contribution in [0.2, 0.25) is 0 Å². The Hall–Kier alpha value is -2.35. The number of halogens is 3. The van der Waals surface area contributed by atoms with Crippen LogP contribution < -0.4 is 5.32 Å². The number of rotatable bonds is 4. The molecule has 0 saturated carbocycles. The average Bonchev–Trinajstić information content (AvgIpc) is 2.94. The van der Waals surface area contributed by atoms with E-state index in [9.17, 15) is 18.0 Å². The fraction of sp³-hybridized carbons (Fsp3) is 0.412. The molecule has 0 spiro atoms. The van der Waals surface area contributed by atoms with E-state index >= 15 is 0 Å². The number of nitrogens with zero attached hydrogens (tertiary/aromatic N) is 2. The van der Waals surface area contributed by atoms with Gasteiger partial charge in [0.05, 0.1) is 19.8 Å². The zero-order valence-electron chi connectivity index (χ0n) is 13.7. The number of benzene rings is 1. The van der Waals surface area contributed by atoms with Crippen LogP contribution in [0.15, 0.2) is 24.3 Å². The monoisotopic (exact) mass is 353 g/mol. The molecular formula is C17H18F3N3O2. The SMILES string of the molecule is Cc1cccc(C(=O)NCCn2nc(C(F)(F)F)c3c2CCOC3)c1. The minimum Gasteiger partial charge on any atom is -0.376 e. The lowest BCUT2D eigenvalue weighted by Crippen LogP contribution is -2.28. The van der Waals surface area contributed by atoms with Crippen LogP contribution >= 0.6 is 0 Å². The van der Waals surface area contributed by atoms with Gasteiger partial charge in [0.25, 0.3) is 5.91 Å². The van der Waals surface area contributed by atoms with Crippen molar-refractivity contribution in [1.29, 1.82) is 0 Å². The quantitative estimate of drug-likeness (QED) is 0.920. The van der Waals surface area contributed by atoms with Crippen molar-refractivity contribution in [2.45, 2.75) is 32.7 Å². The largest absolute Gasteiger partial charge is 0.435 e. The minimum atomic E-state index is -4.51. The fourth-order valence-electron chi connectivity index (χ4n) is 2.89. The van der Waals surface area contributed by atoms with Crippen molar-refractivity contribution in [2.24, 2.45) is 0 Å². The van der Waals surface area contributed by atoms with Crippen LogP contribution in [0.25, 0.3) is 0 Å². The van der Waals surface area contributed by atoms with E-state index in [2.05, 4.69) is 10.4 Å². The van der Waals surface area contributed by atoms with Crippen molar-refractivity contribution >= 4 is 5.91 Å². The van der Waals surface area contributed by atoms with Crippen LogP contribution in [0.3, 0.4) is 0 Å². The van der Waals surface area contributed by atoms with Gasteiger partial charge in [-0.25, -0.2) is 0 Å². The summed E-state index contributed by atoms with van der Waals surface area (Å²) in [4.78, 5) is 12.1. The number of alkyl halides is 3. The molecule has 2 heterocycles. The molecule has 0 bridgehead atoms. The van der Waals surface area contributed by atoms with Gasteiger partial charge in [0.1, 0.15) is 0 Å². The number of ether oxygens (including phenoxy) is 1. The van der Waals surface area contributed by atoms with Gasteiger partial charge in [0.2, 0.25) is 0 Å². The molecular weight excluding hydrogens is 335 g/mol. The summed E-state index contributed by atoms with van der Waals surface area (Å²) in [7, 11) is 0. The molecule has 3 rings (SSSR count). The normalized spacial score (nSPS) is 14.2. The molecule has 0 atom stereocenters. The zero-order valence-corrected chi connectivity index (χ0v) is 13.7. The molecule has 0 fully saturated rings. The summed E-state index contributed by atoms with van der Waals surface area (Å²) in [6, 6.07) is 7.11. The second-order valence-corrected chi connectivity index (χ2v) is 5.92. The van der Waals surface area contributed by atoms with Crippen LogP contribution in [0.1, 0.15) is 32.9 Å². The highest BCUT2D eigenvalue weighted by molar-refractivity contribution is 5.94. The molecule has 1 aromatic carbocycles. The highest BCUT2D eigenvalue weighted by atomic mass is 19.4. The first-order chi connectivity index (χ1) is 11.9. The summed E-state index contributed by atoms with van der Waals surface area (Å²) in [5, 5.41) is 6.42. The second-order valence-electron chi connectivity index (χ2n) is 5.92. The maximum atomic E-state index is 13.1. The molecule has 1 aliphatic rings. The lowest BCUT2D eigenvalue weighted by molar-refractivity contribution is -0.142. The van der Waals surface area contributed by atoms with Crippen molar-refractivity contribution in [2.75, 3.05) is 13.2 Å². The number of aromatic nitrogens is 2. The lowest BCUT2D eigenvalue weighted by atomic mass is 10.1. The predicted molar refractivity (Wildman–Crippen MR) is 84.1 cm³/mol. The van der Waals surface area contributed by atoms with Crippen molar-refractivity contribution < 1.29 is 22.7 Å². The van der Waals surface area contributed by atoms with Gasteiger partial charge in [-0.1, -0.05) is 17.7 Å². The fourth-order valence-corrected chi connectivity index (χ4v) is 2.89. The molecule has 0 saturated heterocycles. The molecule has 1 amide bonds. The summed E-state index contributed by atoms with van der Waals surface area (Å²) in [6.45, 7) is 2.54. The van der Waals surface area contributed by atoms with Crippen LogP contribution in [0.4, 0.5) is 13.2 Å². The molecule has 0 radical (unpaired) electrons. The summed E-state index contributed by atoms with van der Waals surface area (Å²) >= 11 is 0. The van der Waals surface area contributed by atoms with Gasteiger partial charge >= 0.3 is 6.18 Å². The number of nitrogens with one attached hydrogen (secondary N) is 1. The summed E-state index contributed by atoms with van der Waals surface area (Å²) in [5.74, 6) is -0.260. The van der Waals surface area contributed by atoms with Crippen LogP contribution in [0, 0.1) is 6.92 Å². The highest BCUT2D eigenvalue weighted by Crippen LogP contribution is 2.34. The van der Waals surface area contributed by atoms with Gasteiger partial charge in [-0.05, 0) is 19.1 Å². The maximum Gasteiger partial charge on any atom is 0.435 e. The van der Waals surface area contributed by atoms with Gasteiger partial charge in [0, 0.05) is 29.8 Å². The third kappa shape index (κ3) is 3.84. The Bertz CT molecular complexity index is 784. The van der Waals surface area contributed by atoms with Crippen LogP contribution in [0.5, 0.6) is 0 Å². The number of carbonyl (C=O) groups excluding carboxylic acids is 1. The number of hydrogen-bond acceptors (Lipinski definition) is 3. The van der Waals surface area contributed by atoms with Crippen molar-refractivity contribution in [1.82, 2.24) is 15.1 Å². The molecule has 1 N–H and O–H groups in total. The molecule has 134 valence electrons. The van der Waals surface area contributed by atoms with E-state index in [1.54, 1.807) is 18.2 Å². The van der Waals surface area contributed by atoms with Crippen molar-refractivity contribution in [3.05, 3.63) is 52.3 Å². The standard InChI is InChI=1S/C17H18F3N3O2/c1-11-3-2-4-12(9-11)16(24)21-6-7-23-14-5-8-25-10-13(14)15(22-23)17(18,19)20/h2-4,9H,5-8,10H2,1H3,(H,21,24). The first kappa shape index (κ1) is 17.5. The molecule has 0 aliphatic carbocycles. The first-order valence-corrected chi connectivity index (χ1v) is 7.94. The van der Waals surface area contributed by atoms with Gasteiger partial charge in [-0.2, -0.15) is 18.3 Å². The van der Waals surface area contributed by atoms with Crippen molar-refractivity contribution in [3.8, 4) is 0 Å². The first-order valence-electron chi connectivity index (χ1n) is 7.94. The van der Waals surface area contributed by atoms with Crippen molar-refractivity contribution in [3.63, 3.8) is 0 Å². The Morgan fingerprint density at radius 1 is 1.40 bits per heavy atom. The second kappa shape index (κ2) is 6.87. The topological polar surface area (TPSA) is 56.2 Å². The molecule has 8 heteroatoms. The molecule has 2 aromatic rings. The predicted octanol–water partition coefficient (Wildman–Crippen LogP) is 2.71. The Kier molecular flexibility index (Phi) is 4.80. The Labute approximate surface area is 142 Å². The molecule has 1 aromatic heterocycles. The summed E-state index contributed by atoms with van der Waals surface area (Å²) < 4.78 is 45.8. The molecule has 5 nitrogen and oxygen atoms in total. The van der Waals surface area contributed by atoms with Crippen LogP contribution in [-0.2, 0) is 30.5 Å². The third-order valence-electron chi connectivity index (χ3n) is 4.05. The zero-order chi connectivity index (χ0) is 18.0. The van der Waals surface area contributed by atoms with Gasteiger partial charge in [-0.15, -0.1) is 0 Å². The van der Waals surface area contributed by atoms with E-state index in [0.29, 0.717) is 24.3 Å². The average molecular weight is 353 g/mol. The molecule has 0 unspecified atom stereocenters. The Morgan fingerprint density at radius 2 is 2.20 bits per heavy atom. The third-order valence-corrected chi connectivity index (χ3v) is 4.05. The van der Waals surface area contributed by atoms with E-state index in [1.807, 2.05) is 13.0 Å². The van der Waals surface area contributed by atoms with Crippen LogP contribution in [-0.4, -0.2) is 28.8 Å². The molecule has 1 aliphatic heterocycles. The molecule has 25 heavy (non-hydrogen) atoms. The summed E-state index contributed by atoms with van der Waals surface area (Å²) in [5.41, 5.74) is 1.22. The van der Waals surface area contributed by atoms with E-state index < -0.39 is 11.9 Å². The van der Waals surface area contributed by atoms with Gasteiger partial charge in [-0.3, -0.25) is 9.48 Å². The highest BCUT2D eigenvalue weighted by Gasteiger charge is 2.39. The summed E-state index contributed by atoms with van der Waals surface area (Å²) in [6.07, 6.45) is -4.13. The number of amides is 1. The number of carbonyl (C=O) groups is 1. The Balaban J connectivity index is 1.69. The smallest absolute Gasteiger partial charge is 0.376 e. The Morgan fingerprint density at radius 3 is 2.92 bits per heavy atom. The minimum absolute atomic E-state index is 0.0835. The van der Waals surface area contributed by atoms with E-state index in [4.69, 9.17) is 4.74 Å². The number of fused-ring (bicyclic) bond motifs is 1. The van der Waals surface area contributed by atoms with Gasteiger partial charge in [0.15, 0.2) is 5.69 Å². The van der Waals surface area contributed by atoms with Gasteiger partial charge < -0.3 is 10.1 Å².